The summed E-state index contributed by atoms with van der Waals surface area (Å²) >= 11 is 0. The van der Waals surface area contributed by atoms with Gasteiger partial charge in [0.2, 0.25) is 5.75 Å². The summed E-state index contributed by atoms with van der Waals surface area (Å²) in [6.45, 7) is 2.34. The van der Waals surface area contributed by atoms with Crippen LogP contribution in [0.4, 0.5) is 0 Å². The van der Waals surface area contributed by atoms with E-state index in [9.17, 15) is 15.3 Å². The number of hydrogen-bond donors (Lipinski definition) is 3. The number of ether oxygens (including phenoxy) is 4. The van der Waals surface area contributed by atoms with Gasteiger partial charge in [-0.3, -0.25) is 0 Å². The normalized spacial score (nSPS) is 27.2. The van der Waals surface area contributed by atoms with Crippen LogP contribution in [0.3, 0.4) is 0 Å². The zero-order valence-electron chi connectivity index (χ0n) is 29.0. The summed E-state index contributed by atoms with van der Waals surface area (Å²) in [5, 5.41) is 34.6. The highest BCUT2D eigenvalue weighted by Gasteiger charge is 2.47. The maximum atomic E-state index is 12.7. The minimum atomic E-state index is -0.940. The molecule has 0 spiro atoms. The van der Waals surface area contributed by atoms with Crippen LogP contribution in [-0.4, -0.2) is 52.7 Å². The van der Waals surface area contributed by atoms with Crippen LogP contribution in [0.15, 0.2) is 30.3 Å². The molecule has 264 valence electrons. The monoisotopic (exact) mass is 714 g/mol. The number of aliphatic hydroxyl groups is 1. The largest absolute Gasteiger partial charge is 0.508 e. The molecule has 8 rings (SSSR count). The fourth-order valence-corrected chi connectivity index (χ4v) is 11.7. The van der Waals surface area contributed by atoms with Crippen molar-refractivity contribution in [1.29, 1.82) is 0 Å². The first kappa shape index (κ1) is 33.8. The van der Waals surface area contributed by atoms with E-state index in [1.165, 1.54) is 6.42 Å². The molecule has 1 saturated carbocycles. The van der Waals surface area contributed by atoms with Crippen molar-refractivity contribution in [3.63, 3.8) is 0 Å². The zero-order chi connectivity index (χ0) is 34.5. The van der Waals surface area contributed by atoms with E-state index in [0.717, 1.165) is 90.5 Å². The predicted molar refractivity (Wildman–Crippen MR) is 199 cm³/mol. The van der Waals surface area contributed by atoms with Gasteiger partial charge in [0.25, 0.3) is 0 Å². The van der Waals surface area contributed by atoms with Crippen LogP contribution in [0.25, 0.3) is 11.1 Å². The molecule has 5 aliphatic rings. The smallest absolute Gasteiger partial charge is 0.201 e. The second-order valence-electron chi connectivity index (χ2n) is 14.6. The van der Waals surface area contributed by atoms with Crippen molar-refractivity contribution >= 4 is 21.6 Å². The lowest BCUT2D eigenvalue weighted by molar-refractivity contribution is 0.000833. The molecule has 50 heavy (non-hydrogen) atoms. The van der Waals surface area contributed by atoms with E-state index in [1.54, 1.807) is 31.1 Å². The van der Waals surface area contributed by atoms with Gasteiger partial charge in [0.15, 0.2) is 17.6 Å². The van der Waals surface area contributed by atoms with E-state index < -0.39 is 12.2 Å². The van der Waals surface area contributed by atoms with Gasteiger partial charge in [-0.25, -0.2) is 0 Å². The number of methoxy groups -OCH3 is 2. The van der Waals surface area contributed by atoms with Gasteiger partial charge in [0.05, 0.1) is 25.6 Å². The van der Waals surface area contributed by atoms with Gasteiger partial charge < -0.3 is 34.3 Å². The number of aliphatic hydroxyl groups excluding tert-OH is 1. The van der Waals surface area contributed by atoms with Crippen LogP contribution in [0.1, 0.15) is 104 Å². The van der Waals surface area contributed by atoms with E-state index in [4.69, 9.17) is 18.9 Å². The van der Waals surface area contributed by atoms with E-state index in [-0.39, 0.29) is 34.7 Å². The van der Waals surface area contributed by atoms with Crippen molar-refractivity contribution < 1.29 is 34.3 Å². The molecule has 3 aromatic rings. The number of rotatable bonds is 4. The van der Waals surface area contributed by atoms with Gasteiger partial charge in [-0.15, -0.1) is 0 Å². The van der Waals surface area contributed by atoms with Crippen molar-refractivity contribution in [3.8, 4) is 57.5 Å². The van der Waals surface area contributed by atoms with Crippen LogP contribution in [0.5, 0.6) is 34.5 Å². The van der Waals surface area contributed by atoms with Crippen LogP contribution in [0.2, 0.25) is 0 Å². The van der Waals surface area contributed by atoms with E-state index in [1.807, 2.05) is 35.1 Å². The molecule has 3 aliphatic carbocycles. The second kappa shape index (κ2) is 14.0. The van der Waals surface area contributed by atoms with E-state index in [0.29, 0.717) is 40.9 Å². The molecule has 0 aromatic heterocycles. The van der Waals surface area contributed by atoms with Crippen LogP contribution in [0, 0.1) is 17.8 Å². The van der Waals surface area contributed by atoms with Crippen molar-refractivity contribution in [2.75, 3.05) is 20.0 Å². The highest BCUT2D eigenvalue weighted by Crippen LogP contribution is 2.58. The number of benzene rings is 3. The summed E-state index contributed by atoms with van der Waals surface area (Å²) in [6.07, 6.45) is 7.86. The average molecular weight is 715 g/mol. The average Bonchev–Trinajstić information content (AvgIpc) is 3.15. The van der Waals surface area contributed by atoms with Gasteiger partial charge >= 0.3 is 0 Å². The Hall–Kier alpha value is -3.32. The molecular weight excluding hydrogens is 669 g/mol. The maximum absolute atomic E-state index is 12.7. The molecule has 7 nitrogen and oxygen atoms in total. The molecule has 0 amide bonds. The third-order valence-electron chi connectivity index (χ3n) is 11.5. The summed E-state index contributed by atoms with van der Waals surface area (Å²) in [6, 6.07) is 9.55. The molecule has 3 aromatic carbocycles. The van der Waals surface area contributed by atoms with Crippen molar-refractivity contribution in [3.05, 3.63) is 58.1 Å². The second-order valence-corrected chi connectivity index (χ2v) is 17.2. The molecule has 4 bridgehead atoms. The van der Waals surface area contributed by atoms with Crippen molar-refractivity contribution in [2.45, 2.75) is 107 Å². The summed E-state index contributed by atoms with van der Waals surface area (Å²) in [5.74, 6) is 10.8. The third-order valence-corrected chi connectivity index (χ3v) is 14.2. The summed E-state index contributed by atoms with van der Waals surface area (Å²) in [7, 11) is 6.84. The Labute approximate surface area is 302 Å². The zero-order valence-corrected chi connectivity index (χ0v) is 30.6. The molecule has 0 saturated heterocycles. The molecule has 3 N–H and O–H groups in total. The molecule has 9 heteroatoms. The topological polar surface area (TPSA) is 97.6 Å². The molecule has 1 fully saturated rings. The Kier molecular flexibility index (Phi) is 9.47. The number of hydrogen-bond acceptors (Lipinski definition) is 9. The highest BCUT2D eigenvalue weighted by atomic mass is 33.1. The lowest BCUT2D eigenvalue weighted by Crippen LogP contribution is -2.40. The Morgan fingerprint density at radius 3 is 2.54 bits per heavy atom. The molecule has 6 unspecified atom stereocenters. The fraction of sp³-hybridized carbons (Fsp3) is 0.512. The van der Waals surface area contributed by atoms with Gasteiger partial charge in [-0.05, 0) is 91.7 Å². The minimum Gasteiger partial charge on any atom is -0.508 e. The van der Waals surface area contributed by atoms with Crippen molar-refractivity contribution in [1.82, 2.24) is 0 Å². The number of fused-ring (bicyclic) bond motifs is 7. The first-order valence-electron chi connectivity index (χ1n) is 18.1. The van der Waals surface area contributed by atoms with Crippen LogP contribution >= 0.6 is 21.6 Å². The van der Waals surface area contributed by atoms with E-state index >= 15 is 0 Å². The van der Waals surface area contributed by atoms with Crippen LogP contribution in [-0.2, 0) is 12.8 Å². The summed E-state index contributed by atoms with van der Waals surface area (Å²) < 4.78 is 25.4. The predicted octanol–water partition coefficient (Wildman–Crippen LogP) is 8.84. The molecule has 6 atom stereocenters. The molecule has 2 aliphatic heterocycles. The van der Waals surface area contributed by atoms with Crippen LogP contribution < -0.4 is 18.9 Å². The van der Waals surface area contributed by atoms with Gasteiger partial charge in [0, 0.05) is 46.4 Å². The lowest BCUT2D eigenvalue weighted by atomic mass is 9.70. The summed E-state index contributed by atoms with van der Waals surface area (Å²) in [4.78, 5) is 0. The highest BCUT2D eigenvalue weighted by molar-refractivity contribution is 8.77. The minimum absolute atomic E-state index is 0.0101. The van der Waals surface area contributed by atoms with Gasteiger partial charge in [-0.1, -0.05) is 59.3 Å². The molecule has 2 heterocycles. The SMILES string of the molecule is COc1cc2c3c4c1-c1ccc(O)cc1C(CCC(C)CCSSC1C#CCc5c(cc(OC6CCCCC6)c(O)c5OC)C(O2)C(O)C31)C4. The Morgan fingerprint density at radius 1 is 0.900 bits per heavy atom. The number of phenols is 2. The van der Waals surface area contributed by atoms with E-state index in [2.05, 4.69) is 18.8 Å². The fourth-order valence-electron chi connectivity index (χ4n) is 8.91. The Balaban J connectivity index is 1.34. The van der Waals surface area contributed by atoms with Crippen molar-refractivity contribution in [2.24, 2.45) is 5.92 Å². The summed E-state index contributed by atoms with van der Waals surface area (Å²) in [5.41, 5.74) is 6.79. The molecular formula is C41H46O7S2. The lowest BCUT2D eigenvalue weighted by Gasteiger charge is -2.42. The first-order valence-corrected chi connectivity index (χ1v) is 20.5. The third kappa shape index (κ3) is 5.95. The Bertz CT molecular complexity index is 1840. The maximum Gasteiger partial charge on any atom is 0.201 e. The Morgan fingerprint density at radius 2 is 1.74 bits per heavy atom. The number of phenolic OH excluding ortho intramolecular Hbond substituents is 2. The van der Waals surface area contributed by atoms with Gasteiger partial charge in [-0.2, -0.15) is 0 Å². The number of aromatic hydroxyl groups is 2. The van der Waals surface area contributed by atoms with Gasteiger partial charge in [0.1, 0.15) is 23.4 Å². The molecule has 0 radical (unpaired) electrons. The first-order chi connectivity index (χ1) is 24.4. The standard InChI is InChI=1S/C41H46O7S2/c1-22-12-13-23-18-30-35(26-15-14-24(42)19-28(23)26)31(45-2)21-32-36(30)37-34(50-49-17-16-22)11-7-10-27-29(41(48-32)39(37)44)20-33(38(43)40(27)46-3)47-25-8-5-4-6-9-25/h14-15,19-23,25,34,37,39,41-44H,4-6,8-10,12-13,16-18H2,1-3H3. The quantitative estimate of drug-likeness (QED) is 0.181.